The van der Waals surface area contributed by atoms with Gasteiger partial charge in [0.15, 0.2) is 5.82 Å². The highest BCUT2D eigenvalue weighted by Gasteiger charge is 2.41. The van der Waals surface area contributed by atoms with Crippen LogP contribution in [-0.2, 0) is 10.3 Å². The molecule has 6 aromatic rings. The van der Waals surface area contributed by atoms with Gasteiger partial charge in [0.05, 0.1) is 11.4 Å². The van der Waals surface area contributed by atoms with Gasteiger partial charge in [0.25, 0.3) is 0 Å². The summed E-state index contributed by atoms with van der Waals surface area (Å²) in [4.78, 5) is 26.9. The predicted octanol–water partition coefficient (Wildman–Crippen LogP) is 8.66. The Morgan fingerprint density at radius 1 is 0.833 bits per heavy atom. The zero-order valence-corrected chi connectivity index (χ0v) is 26.6. The van der Waals surface area contributed by atoms with Crippen LogP contribution in [0.1, 0.15) is 29.5 Å². The molecule has 240 valence electrons. The summed E-state index contributed by atoms with van der Waals surface area (Å²) in [6.45, 7) is 0.494. The number of likely N-dealkylation sites (tertiary alicyclic amines) is 1. The number of benzene rings is 5. The number of anilines is 1. The number of amides is 2. The Morgan fingerprint density at radius 3 is 2.02 bits per heavy atom. The lowest BCUT2D eigenvalue weighted by atomic mass is 9.77. The van der Waals surface area contributed by atoms with Crippen molar-refractivity contribution in [3.8, 4) is 11.1 Å². The van der Waals surface area contributed by atoms with Gasteiger partial charge >= 0.3 is 6.09 Å². The first-order chi connectivity index (χ1) is 23.4. The predicted molar refractivity (Wildman–Crippen MR) is 186 cm³/mol. The molecular formula is C39H32ClFN4O3. The van der Waals surface area contributed by atoms with Gasteiger partial charge in [0.1, 0.15) is 11.4 Å². The Balaban J connectivity index is 1.49. The number of carboxylic acid groups (broad SMARTS) is 1. The molecule has 0 aliphatic carbocycles. The summed E-state index contributed by atoms with van der Waals surface area (Å²) in [6.07, 6.45) is 0.0959. The smallest absolute Gasteiger partial charge is 0.407 e. The van der Waals surface area contributed by atoms with E-state index in [9.17, 15) is 19.1 Å². The van der Waals surface area contributed by atoms with E-state index in [0.717, 1.165) is 16.7 Å². The molecule has 0 unspecified atom stereocenters. The molecule has 9 heteroatoms. The fourth-order valence-corrected chi connectivity index (χ4v) is 7.07. The number of aromatic nitrogens is 2. The van der Waals surface area contributed by atoms with Gasteiger partial charge in [0, 0.05) is 29.1 Å². The van der Waals surface area contributed by atoms with E-state index < -0.39 is 23.4 Å². The third kappa shape index (κ3) is 5.58. The quantitative estimate of drug-likeness (QED) is 0.168. The van der Waals surface area contributed by atoms with Crippen molar-refractivity contribution in [2.75, 3.05) is 18.4 Å². The molecule has 0 saturated carbocycles. The normalized spacial score (nSPS) is 15.0. The van der Waals surface area contributed by atoms with Crippen molar-refractivity contribution in [2.45, 2.75) is 18.4 Å². The number of carbonyl (C=O) groups is 2. The van der Waals surface area contributed by atoms with Crippen LogP contribution in [0.4, 0.5) is 15.0 Å². The van der Waals surface area contributed by atoms with Crippen molar-refractivity contribution in [1.82, 2.24) is 14.7 Å². The average molecular weight is 659 g/mol. The molecule has 48 heavy (non-hydrogen) atoms. The number of nitrogens with zero attached hydrogens (tertiary/aromatic N) is 3. The van der Waals surface area contributed by atoms with Crippen molar-refractivity contribution in [1.29, 1.82) is 0 Å². The minimum absolute atomic E-state index is 0.103. The highest BCUT2D eigenvalue weighted by atomic mass is 35.5. The van der Waals surface area contributed by atoms with E-state index in [0.29, 0.717) is 52.3 Å². The standard InChI is InChI=1S/C39H32ClFN4O3/c40-34-20-19-31(41)24-32(34)26-18-21-35-33(23-26)36(42-37(46)27-11-10-22-44(25-27)38(47)48)43-45(35)39(28-12-4-1-5-13-28,29-14-6-2-7-15-29)30-16-8-3-9-17-30/h1-9,12-21,23-24,27H,10-11,22,25H2,(H,47,48)(H,42,43,46)/t27-/m1/s1. The van der Waals surface area contributed by atoms with Gasteiger partial charge in [-0.05, 0) is 65.4 Å². The molecule has 5 aromatic carbocycles. The molecule has 1 fully saturated rings. The number of rotatable bonds is 7. The fourth-order valence-electron chi connectivity index (χ4n) is 6.84. The summed E-state index contributed by atoms with van der Waals surface area (Å²) in [5.41, 5.74) is 3.75. The zero-order valence-electron chi connectivity index (χ0n) is 25.9. The third-order valence-electron chi connectivity index (χ3n) is 9.12. The number of fused-ring (bicyclic) bond motifs is 1. The van der Waals surface area contributed by atoms with Gasteiger partial charge in [-0.15, -0.1) is 0 Å². The summed E-state index contributed by atoms with van der Waals surface area (Å²) in [6, 6.07) is 40.1. The molecule has 1 saturated heterocycles. The number of piperidine rings is 1. The van der Waals surface area contributed by atoms with Crippen LogP contribution in [0, 0.1) is 11.7 Å². The van der Waals surface area contributed by atoms with Crippen molar-refractivity contribution >= 4 is 40.3 Å². The SMILES string of the molecule is O=C(Nc1nn(C(c2ccccc2)(c2ccccc2)c2ccccc2)c2ccc(-c3cc(F)ccc3Cl)cc12)[C@@H]1CCCN(C(=O)O)C1. The molecule has 7 nitrogen and oxygen atoms in total. The molecule has 1 aromatic heterocycles. The average Bonchev–Trinajstić information content (AvgIpc) is 3.48. The number of halogens is 2. The Bertz CT molecular complexity index is 2010. The first kappa shape index (κ1) is 31.1. The van der Waals surface area contributed by atoms with Crippen LogP contribution >= 0.6 is 11.6 Å². The molecule has 7 rings (SSSR count). The van der Waals surface area contributed by atoms with Gasteiger partial charge in [0.2, 0.25) is 5.91 Å². The van der Waals surface area contributed by atoms with Crippen LogP contribution in [0.15, 0.2) is 127 Å². The zero-order chi connectivity index (χ0) is 33.3. The molecule has 0 bridgehead atoms. The van der Waals surface area contributed by atoms with E-state index in [1.165, 1.54) is 23.1 Å². The summed E-state index contributed by atoms with van der Waals surface area (Å²) in [5, 5.41) is 18.9. The number of hydrogen-bond acceptors (Lipinski definition) is 3. The van der Waals surface area contributed by atoms with E-state index in [-0.39, 0.29) is 12.5 Å². The van der Waals surface area contributed by atoms with Crippen LogP contribution in [0.5, 0.6) is 0 Å². The Hall–Kier alpha value is -5.47. The lowest BCUT2D eigenvalue weighted by Crippen LogP contribution is -2.43. The molecule has 1 aliphatic heterocycles. The first-order valence-electron chi connectivity index (χ1n) is 15.8. The highest BCUT2D eigenvalue weighted by Crippen LogP contribution is 2.44. The van der Waals surface area contributed by atoms with Crippen LogP contribution in [0.25, 0.3) is 22.0 Å². The van der Waals surface area contributed by atoms with E-state index in [1.807, 2.05) is 77.5 Å². The summed E-state index contributed by atoms with van der Waals surface area (Å²) >= 11 is 6.55. The maximum absolute atomic E-state index is 14.4. The summed E-state index contributed by atoms with van der Waals surface area (Å²) < 4.78 is 16.4. The Labute approximate surface area is 282 Å². The van der Waals surface area contributed by atoms with E-state index >= 15 is 0 Å². The first-order valence-corrected chi connectivity index (χ1v) is 16.2. The lowest BCUT2D eigenvalue weighted by Gasteiger charge is -2.37. The van der Waals surface area contributed by atoms with Crippen LogP contribution < -0.4 is 5.32 Å². The largest absolute Gasteiger partial charge is 0.465 e. The van der Waals surface area contributed by atoms with E-state index in [1.54, 1.807) is 0 Å². The number of hydrogen-bond donors (Lipinski definition) is 2. The van der Waals surface area contributed by atoms with Gasteiger partial charge < -0.3 is 15.3 Å². The van der Waals surface area contributed by atoms with Crippen molar-refractivity contribution < 1.29 is 19.1 Å². The number of carbonyl (C=O) groups excluding carboxylic acids is 1. The molecule has 1 atom stereocenters. The Kier molecular flexibility index (Phi) is 8.41. The molecule has 1 aliphatic rings. The molecule has 0 radical (unpaired) electrons. The van der Waals surface area contributed by atoms with Crippen LogP contribution in [0.3, 0.4) is 0 Å². The fraction of sp³-hybridized carbons (Fsp3) is 0.154. The number of nitrogens with one attached hydrogen (secondary N) is 1. The van der Waals surface area contributed by atoms with Gasteiger partial charge in [-0.25, -0.2) is 13.9 Å². The highest BCUT2D eigenvalue weighted by molar-refractivity contribution is 6.33. The topological polar surface area (TPSA) is 87.5 Å². The van der Waals surface area contributed by atoms with Gasteiger partial charge in [-0.2, -0.15) is 5.10 Å². The third-order valence-corrected chi connectivity index (χ3v) is 9.45. The second-order valence-electron chi connectivity index (χ2n) is 12.0. The maximum Gasteiger partial charge on any atom is 0.407 e. The maximum atomic E-state index is 14.4. The second-order valence-corrected chi connectivity index (χ2v) is 12.4. The van der Waals surface area contributed by atoms with Gasteiger partial charge in [-0.3, -0.25) is 4.79 Å². The Morgan fingerprint density at radius 2 is 1.44 bits per heavy atom. The monoisotopic (exact) mass is 658 g/mol. The van der Waals surface area contributed by atoms with E-state index in [4.69, 9.17) is 16.7 Å². The van der Waals surface area contributed by atoms with Gasteiger partial charge in [-0.1, -0.05) is 109 Å². The van der Waals surface area contributed by atoms with E-state index in [2.05, 4.69) is 41.7 Å². The molecule has 0 spiro atoms. The molecule has 2 heterocycles. The van der Waals surface area contributed by atoms with Crippen LogP contribution in [-0.4, -0.2) is 44.9 Å². The second kappa shape index (κ2) is 13.0. The lowest BCUT2D eigenvalue weighted by molar-refractivity contribution is -0.121. The van der Waals surface area contributed by atoms with Crippen molar-refractivity contribution in [3.63, 3.8) is 0 Å². The van der Waals surface area contributed by atoms with Crippen molar-refractivity contribution in [2.24, 2.45) is 5.92 Å². The summed E-state index contributed by atoms with van der Waals surface area (Å²) in [5.74, 6) is -0.969. The molecule has 2 amide bonds. The molecular weight excluding hydrogens is 627 g/mol. The van der Waals surface area contributed by atoms with Crippen molar-refractivity contribution in [3.05, 3.63) is 155 Å². The molecule has 2 N–H and O–H groups in total. The minimum atomic E-state index is -1.04. The summed E-state index contributed by atoms with van der Waals surface area (Å²) in [7, 11) is 0. The van der Waals surface area contributed by atoms with Crippen LogP contribution in [0.2, 0.25) is 5.02 Å². The minimum Gasteiger partial charge on any atom is -0.465 e.